The topological polar surface area (TPSA) is 149 Å². The maximum atomic E-state index is 15.1. The van der Waals surface area contributed by atoms with Crippen LogP contribution in [-0.4, -0.2) is 64.8 Å². The van der Waals surface area contributed by atoms with Crippen molar-refractivity contribution >= 4 is 49.7 Å². The van der Waals surface area contributed by atoms with E-state index < -0.39 is 97.5 Å². The number of hydrogen-bond acceptors (Lipinski definition) is 9. The monoisotopic (exact) mass is 878 g/mol. The molecule has 62 heavy (non-hydrogen) atoms. The molecule has 8 rings (SSSR count). The van der Waals surface area contributed by atoms with E-state index in [1.807, 2.05) is 0 Å². The lowest BCUT2D eigenvalue weighted by Crippen LogP contribution is -2.48. The van der Waals surface area contributed by atoms with Gasteiger partial charge in [-0.1, -0.05) is 51.1 Å². The molecule has 5 aromatic rings. The third kappa shape index (κ3) is 8.30. The number of aromatic nitrogens is 2. The van der Waals surface area contributed by atoms with Crippen LogP contribution in [-0.2, 0) is 37.0 Å². The fourth-order valence-electron chi connectivity index (χ4n) is 8.36. The molecule has 2 aliphatic carbocycles. The number of amides is 2. The van der Waals surface area contributed by atoms with Gasteiger partial charge >= 0.3 is 6.18 Å². The maximum Gasteiger partial charge on any atom is 0.416 e. The summed E-state index contributed by atoms with van der Waals surface area (Å²) >= 11 is 0. The molecule has 326 valence electrons. The number of ether oxygens (including phenoxy) is 1. The molecule has 0 radical (unpaired) electrons. The maximum absolute atomic E-state index is 15.1. The number of para-hydroxylation sites is 1. The minimum absolute atomic E-state index is 0.00885. The van der Waals surface area contributed by atoms with Crippen molar-refractivity contribution in [3.8, 4) is 17.3 Å². The van der Waals surface area contributed by atoms with Crippen LogP contribution in [0.1, 0.15) is 64.0 Å². The van der Waals surface area contributed by atoms with Gasteiger partial charge in [-0.05, 0) is 85.0 Å². The number of ketones is 1. The summed E-state index contributed by atoms with van der Waals surface area (Å²) in [5.41, 5.74) is -2.17. The van der Waals surface area contributed by atoms with Crippen LogP contribution < -0.4 is 9.46 Å². The normalized spacial score (nSPS) is 22.1. The van der Waals surface area contributed by atoms with Crippen molar-refractivity contribution in [3.05, 3.63) is 102 Å². The fraction of sp³-hybridized carbons (Fsp3) is 0.400. The quantitative estimate of drug-likeness (QED) is 0.0910. The number of carbonyl (C=O) groups excluding carboxylic acids is 3. The third-order valence-corrected chi connectivity index (χ3v) is 14.0. The van der Waals surface area contributed by atoms with Crippen molar-refractivity contribution in [2.24, 2.45) is 22.7 Å². The van der Waals surface area contributed by atoms with Gasteiger partial charge in [0.05, 0.1) is 28.8 Å². The second kappa shape index (κ2) is 15.6. The molecule has 1 N–H and O–H groups in total. The Morgan fingerprint density at radius 3 is 2.39 bits per heavy atom. The van der Waals surface area contributed by atoms with Crippen LogP contribution in [0.25, 0.3) is 33.5 Å². The van der Waals surface area contributed by atoms with E-state index >= 15 is 4.39 Å². The van der Waals surface area contributed by atoms with Crippen LogP contribution >= 0.6 is 0 Å². The van der Waals surface area contributed by atoms with Crippen LogP contribution in [0, 0.1) is 34.3 Å². The molecule has 0 bridgehead atoms. The Morgan fingerprint density at radius 2 is 1.74 bits per heavy atom. The highest BCUT2D eigenvalue weighted by Gasteiger charge is 2.61. The molecule has 2 saturated carbocycles. The number of carbonyl (C=O) groups is 3. The number of halogens is 5. The number of benzene rings is 3. The summed E-state index contributed by atoms with van der Waals surface area (Å²) in [6, 6.07) is 12.9. The number of alkyl halides is 3. The van der Waals surface area contributed by atoms with E-state index in [4.69, 9.17) is 9.15 Å². The number of fused-ring (bicyclic) bond motifs is 3. The Bertz CT molecular complexity index is 2730. The molecule has 1 aliphatic heterocycles. The zero-order valence-electron chi connectivity index (χ0n) is 34.0. The SMILES string of the molecule is C=C[C@@H]1C[C@]1(CC(=O)[C@@H]1C[C@@H](Oc2nc(-c3ccc(C(F)(F)F)cc3)nc3c2oc2ccccc23)CN1C(=O)[C@@H](Cc1cc(F)ccc1F)C(C)(C)C)C(=O)NS(=O)(=O)C1CC1. The van der Waals surface area contributed by atoms with Crippen LogP contribution in [0.15, 0.2) is 83.8 Å². The second-order valence-corrected chi connectivity index (χ2v) is 19.5. The lowest BCUT2D eigenvalue weighted by Gasteiger charge is -2.35. The van der Waals surface area contributed by atoms with Crippen molar-refractivity contribution in [3.63, 3.8) is 0 Å². The molecular formula is C45H43F5N4O7S. The largest absolute Gasteiger partial charge is 0.470 e. The highest BCUT2D eigenvalue weighted by Crippen LogP contribution is 2.57. The van der Waals surface area contributed by atoms with Gasteiger partial charge in [0, 0.05) is 29.7 Å². The molecule has 3 aromatic carbocycles. The van der Waals surface area contributed by atoms with E-state index in [-0.39, 0.29) is 54.2 Å². The average Bonchev–Trinajstić information content (AvgIpc) is 4.12. The molecule has 5 atom stereocenters. The van der Waals surface area contributed by atoms with E-state index in [1.165, 1.54) is 23.1 Å². The molecule has 3 fully saturated rings. The summed E-state index contributed by atoms with van der Waals surface area (Å²) in [7, 11) is -3.97. The van der Waals surface area contributed by atoms with Crippen LogP contribution in [0.2, 0.25) is 0 Å². The molecule has 3 aliphatic rings. The molecule has 1 saturated heterocycles. The van der Waals surface area contributed by atoms with Gasteiger partial charge in [-0.15, -0.1) is 6.58 Å². The van der Waals surface area contributed by atoms with Crippen molar-refractivity contribution < 1.29 is 53.9 Å². The van der Waals surface area contributed by atoms with Gasteiger partial charge < -0.3 is 14.1 Å². The summed E-state index contributed by atoms with van der Waals surface area (Å²) in [5, 5.41) is -0.136. The van der Waals surface area contributed by atoms with E-state index in [0.29, 0.717) is 29.3 Å². The van der Waals surface area contributed by atoms with Gasteiger partial charge in [-0.25, -0.2) is 22.2 Å². The molecule has 11 nitrogen and oxygen atoms in total. The Labute approximate surface area is 353 Å². The smallest absolute Gasteiger partial charge is 0.416 e. The first-order valence-electron chi connectivity index (χ1n) is 20.2. The molecule has 17 heteroatoms. The molecule has 0 unspecified atom stereocenters. The lowest BCUT2D eigenvalue weighted by atomic mass is 9.76. The number of allylic oxidation sites excluding steroid dienone is 1. The lowest BCUT2D eigenvalue weighted by molar-refractivity contribution is -0.144. The number of furan rings is 1. The second-order valence-electron chi connectivity index (χ2n) is 17.6. The number of likely N-dealkylation sites (tertiary alicyclic amines) is 1. The van der Waals surface area contributed by atoms with Crippen molar-refractivity contribution in [1.29, 1.82) is 0 Å². The highest BCUT2D eigenvalue weighted by atomic mass is 32.2. The Hall–Kier alpha value is -5.71. The minimum Gasteiger partial charge on any atom is -0.470 e. The fourth-order valence-corrected chi connectivity index (χ4v) is 9.75. The average molecular weight is 879 g/mol. The van der Waals surface area contributed by atoms with Gasteiger partial charge in [-0.3, -0.25) is 19.1 Å². The van der Waals surface area contributed by atoms with E-state index in [2.05, 4.69) is 21.3 Å². The highest BCUT2D eigenvalue weighted by molar-refractivity contribution is 7.90. The standard InChI is InChI=1S/C45H43F5N4O7S/c1-5-26-21-44(26,42(57)53-62(58,59)30-15-16-30)22-35(55)34-20-29(23-54(34)41(56)32(43(2,3)4)19-25-18-28(46)14-17-33(25)47)60-40-38-37(31-8-6-7-9-36(31)61-38)51-39(52-40)24-10-12-27(13-11-24)45(48,49)50/h5-14,17-18,26,29-30,32,34H,1,15-16,19-23H2,2-4H3,(H,53,57)/t26-,29-,32-,34+,44-/m1/s1. The number of nitrogens with one attached hydrogen (secondary N) is 1. The first kappa shape index (κ1) is 43.0. The van der Waals surface area contributed by atoms with Crippen LogP contribution in [0.4, 0.5) is 22.0 Å². The number of Topliss-reactive ketones (excluding diaryl/α,β-unsaturated/α-hetero) is 1. The molecule has 2 amide bonds. The molecular weight excluding hydrogens is 836 g/mol. The molecule has 3 heterocycles. The predicted octanol–water partition coefficient (Wildman–Crippen LogP) is 8.35. The number of rotatable bonds is 13. The summed E-state index contributed by atoms with van der Waals surface area (Å²) in [4.78, 5) is 53.7. The van der Waals surface area contributed by atoms with Gasteiger partial charge in [0.25, 0.3) is 5.88 Å². The molecule has 0 spiro atoms. The van der Waals surface area contributed by atoms with Crippen LogP contribution in [0.5, 0.6) is 5.88 Å². The van der Waals surface area contributed by atoms with E-state index in [9.17, 15) is 40.4 Å². The zero-order valence-corrected chi connectivity index (χ0v) is 34.8. The number of sulfonamides is 1. The van der Waals surface area contributed by atoms with E-state index in [1.54, 1.807) is 45.0 Å². The van der Waals surface area contributed by atoms with Crippen molar-refractivity contribution in [2.75, 3.05) is 6.54 Å². The first-order valence-corrected chi connectivity index (χ1v) is 21.7. The van der Waals surface area contributed by atoms with Gasteiger partial charge in [-0.2, -0.15) is 18.2 Å². The third-order valence-electron chi connectivity index (χ3n) is 12.2. The van der Waals surface area contributed by atoms with Gasteiger partial charge in [0.1, 0.15) is 28.8 Å². The summed E-state index contributed by atoms with van der Waals surface area (Å²) < 4.78 is 110. The predicted molar refractivity (Wildman–Crippen MR) is 218 cm³/mol. The zero-order chi connectivity index (χ0) is 44.5. The summed E-state index contributed by atoms with van der Waals surface area (Å²) in [6.45, 7) is 8.85. The number of hydrogen-bond donors (Lipinski definition) is 1. The van der Waals surface area contributed by atoms with Gasteiger partial charge in [0.2, 0.25) is 27.4 Å². The number of nitrogens with zero attached hydrogens (tertiary/aromatic N) is 3. The first-order chi connectivity index (χ1) is 29.2. The summed E-state index contributed by atoms with van der Waals surface area (Å²) in [5.74, 6) is -5.00. The van der Waals surface area contributed by atoms with Gasteiger partial charge in [0.15, 0.2) is 11.6 Å². The minimum atomic E-state index is -4.58. The Morgan fingerprint density at radius 1 is 1.03 bits per heavy atom. The van der Waals surface area contributed by atoms with E-state index in [0.717, 1.165) is 30.3 Å². The van der Waals surface area contributed by atoms with Crippen LogP contribution in [0.3, 0.4) is 0 Å². The Balaban J connectivity index is 1.16. The van der Waals surface area contributed by atoms with Crippen molar-refractivity contribution in [1.82, 2.24) is 19.6 Å². The molecule has 2 aromatic heterocycles. The Kier molecular flexibility index (Phi) is 10.8. The summed E-state index contributed by atoms with van der Waals surface area (Å²) in [6.07, 6.45) is -3.88. The van der Waals surface area contributed by atoms with Crippen molar-refractivity contribution in [2.45, 2.75) is 82.9 Å².